The summed E-state index contributed by atoms with van der Waals surface area (Å²) in [6.07, 6.45) is 0. The van der Waals surface area contributed by atoms with Crippen molar-refractivity contribution in [3.63, 3.8) is 0 Å². The van der Waals surface area contributed by atoms with E-state index in [0.717, 1.165) is 61.1 Å². The van der Waals surface area contributed by atoms with Gasteiger partial charge in [-0.15, -0.1) is 0 Å². The van der Waals surface area contributed by atoms with E-state index in [1.165, 1.54) is 10.8 Å². The summed E-state index contributed by atoms with van der Waals surface area (Å²) in [5, 5.41) is 3.53. The van der Waals surface area contributed by atoms with E-state index in [1.807, 2.05) is 61.5 Å². The van der Waals surface area contributed by atoms with Gasteiger partial charge >= 0.3 is 0 Å². The van der Waals surface area contributed by atoms with Gasteiger partial charge in [0.1, 0.15) is 5.65 Å². The van der Waals surface area contributed by atoms with E-state index in [4.69, 9.17) is 15.0 Å². The maximum absolute atomic E-state index is 5.04. The average Bonchev–Trinajstić information content (AvgIpc) is 3.52. The van der Waals surface area contributed by atoms with E-state index in [2.05, 4.69) is 108 Å². The van der Waals surface area contributed by atoms with Gasteiger partial charge in [0.25, 0.3) is 0 Å². The Morgan fingerprint density at radius 2 is 1.17 bits per heavy atom. The first-order valence-corrected chi connectivity index (χ1v) is 15.4. The zero-order valence-corrected chi connectivity index (χ0v) is 25.4. The molecule has 0 fully saturated rings. The molecule has 46 heavy (non-hydrogen) atoms. The van der Waals surface area contributed by atoms with Gasteiger partial charge in [0, 0.05) is 22.0 Å². The number of benzene rings is 6. The summed E-state index contributed by atoms with van der Waals surface area (Å²) in [4.78, 5) is 14.9. The molecule has 0 saturated heterocycles. The Kier molecular flexibility index (Phi) is 6.81. The highest BCUT2D eigenvalue weighted by molar-refractivity contribution is 6.15. The smallest absolute Gasteiger partial charge is 0.160 e. The van der Waals surface area contributed by atoms with Crippen LogP contribution < -0.4 is 0 Å². The summed E-state index contributed by atoms with van der Waals surface area (Å²) < 4.78 is 2.28. The number of rotatable bonds is 5. The van der Waals surface area contributed by atoms with Gasteiger partial charge in [0.2, 0.25) is 0 Å². The van der Waals surface area contributed by atoms with E-state index in [-0.39, 0.29) is 0 Å². The van der Waals surface area contributed by atoms with Crippen molar-refractivity contribution in [2.45, 2.75) is 6.92 Å². The summed E-state index contributed by atoms with van der Waals surface area (Å²) in [5.74, 6) is 0.635. The molecule has 0 amide bonds. The third kappa shape index (κ3) is 4.86. The fourth-order valence-corrected chi connectivity index (χ4v) is 6.18. The SMILES string of the molecule is C=C(/N=C(\N=C(/C)c1ccccc1)c1ccccc1)c1ccc(-c2ccc3c(c2)c2ccccc2n2c4ccccc4nc32)cc1. The summed E-state index contributed by atoms with van der Waals surface area (Å²) >= 11 is 0. The van der Waals surface area contributed by atoms with E-state index in [0.29, 0.717) is 11.5 Å². The molecular weight excluding hydrogens is 560 g/mol. The Bertz CT molecular complexity index is 2470. The van der Waals surface area contributed by atoms with E-state index < -0.39 is 0 Å². The highest BCUT2D eigenvalue weighted by Gasteiger charge is 2.14. The molecule has 0 bridgehead atoms. The zero-order chi connectivity index (χ0) is 31.0. The number of amidine groups is 1. The van der Waals surface area contributed by atoms with Crippen LogP contribution in [0.25, 0.3) is 55.2 Å². The maximum Gasteiger partial charge on any atom is 0.160 e. The molecule has 0 aliphatic heterocycles. The van der Waals surface area contributed by atoms with Crippen LogP contribution in [0.4, 0.5) is 0 Å². The van der Waals surface area contributed by atoms with Crippen molar-refractivity contribution in [1.29, 1.82) is 0 Å². The second kappa shape index (κ2) is 11.4. The first-order valence-electron chi connectivity index (χ1n) is 15.4. The van der Waals surface area contributed by atoms with Crippen LogP contribution in [-0.2, 0) is 0 Å². The fraction of sp³-hybridized carbons (Fsp3) is 0.0238. The van der Waals surface area contributed by atoms with Gasteiger partial charge in [0.15, 0.2) is 5.84 Å². The highest BCUT2D eigenvalue weighted by atomic mass is 15.0. The zero-order valence-electron chi connectivity index (χ0n) is 25.4. The first-order chi connectivity index (χ1) is 22.6. The molecule has 0 saturated carbocycles. The minimum Gasteiger partial charge on any atom is -0.292 e. The topological polar surface area (TPSA) is 42.0 Å². The van der Waals surface area contributed by atoms with Crippen LogP contribution in [-0.4, -0.2) is 20.9 Å². The predicted molar refractivity (Wildman–Crippen MR) is 194 cm³/mol. The molecule has 218 valence electrons. The van der Waals surface area contributed by atoms with Crippen LogP contribution in [0.1, 0.15) is 23.6 Å². The molecular formula is C42H30N4. The quantitative estimate of drug-likeness (QED) is 0.112. The molecule has 0 radical (unpaired) electrons. The lowest BCUT2D eigenvalue weighted by molar-refractivity contribution is 1.31. The predicted octanol–water partition coefficient (Wildman–Crippen LogP) is 10.4. The molecule has 4 nitrogen and oxygen atoms in total. The van der Waals surface area contributed by atoms with Crippen molar-refractivity contribution in [3.05, 3.63) is 175 Å². The number of pyridine rings is 1. The minimum absolute atomic E-state index is 0.635. The lowest BCUT2D eigenvalue weighted by atomic mass is 9.98. The molecule has 0 spiro atoms. The number of fused-ring (bicyclic) bond motifs is 8. The molecule has 2 heterocycles. The molecule has 0 unspecified atom stereocenters. The second-order valence-corrected chi connectivity index (χ2v) is 11.4. The first kappa shape index (κ1) is 27.4. The Balaban J connectivity index is 1.17. The number of aromatic nitrogens is 2. The lowest BCUT2D eigenvalue weighted by Crippen LogP contribution is -2.04. The van der Waals surface area contributed by atoms with Gasteiger partial charge < -0.3 is 0 Å². The van der Waals surface area contributed by atoms with Crippen LogP contribution in [0, 0.1) is 0 Å². The highest BCUT2D eigenvalue weighted by Crippen LogP contribution is 2.35. The molecule has 8 aromatic rings. The molecule has 6 aromatic carbocycles. The Hall–Kier alpha value is -6.13. The number of aliphatic imine (C=N–C) groups is 2. The fourth-order valence-electron chi connectivity index (χ4n) is 6.18. The Labute approximate surface area is 267 Å². The summed E-state index contributed by atoms with van der Waals surface area (Å²) in [5.41, 5.74) is 11.0. The van der Waals surface area contributed by atoms with Crippen molar-refractivity contribution in [2.75, 3.05) is 0 Å². The molecule has 0 aliphatic carbocycles. The standard InChI is InChI=1S/C42H30N4/c1-28(30-13-5-3-6-14-30)43-41(33-15-7-4-8-16-33)44-29(2)31-21-23-32(24-22-31)34-25-26-36-37(27-34)35-17-9-11-19-39(35)46-40-20-12-10-18-38(40)45-42(36)46/h3-27H,2H2,1H3/b43-28+,44-41-. The Morgan fingerprint density at radius 3 is 1.93 bits per heavy atom. The number of hydrogen-bond donors (Lipinski definition) is 0. The molecule has 0 atom stereocenters. The van der Waals surface area contributed by atoms with Gasteiger partial charge in [-0.1, -0.05) is 128 Å². The normalized spacial score (nSPS) is 12.4. The van der Waals surface area contributed by atoms with E-state index in [9.17, 15) is 0 Å². The lowest BCUT2D eigenvalue weighted by Gasteiger charge is -2.11. The Morgan fingerprint density at radius 1 is 0.543 bits per heavy atom. The molecule has 0 aliphatic rings. The van der Waals surface area contributed by atoms with Crippen molar-refractivity contribution in [1.82, 2.24) is 9.38 Å². The molecule has 8 rings (SSSR count). The monoisotopic (exact) mass is 590 g/mol. The van der Waals surface area contributed by atoms with Gasteiger partial charge in [-0.05, 0) is 64.9 Å². The largest absolute Gasteiger partial charge is 0.292 e. The third-order valence-corrected chi connectivity index (χ3v) is 8.55. The van der Waals surface area contributed by atoms with Gasteiger partial charge in [-0.3, -0.25) is 4.40 Å². The third-order valence-electron chi connectivity index (χ3n) is 8.55. The van der Waals surface area contributed by atoms with Crippen molar-refractivity contribution in [2.24, 2.45) is 9.98 Å². The summed E-state index contributed by atoms with van der Waals surface area (Å²) in [7, 11) is 0. The van der Waals surface area contributed by atoms with E-state index in [1.54, 1.807) is 0 Å². The molecule has 4 heteroatoms. The van der Waals surface area contributed by atoms with Crippen LogP contribution in [0.5, 0.6) is 0 Å². The number of nitrogens with zero attached hydrogens (tertiary/aromatic N) is 4. The summed E-state index contributed by atoms with van der Waals surface area (Å²) in [6, 6.07) is 52.3. The van der Waals surface area contributed by atoms with Crippen molar-refractivity contribution in [3.8, 4) is 11.1 Å². The number of imidazole rings is 1. The van der Waals surface area contributed by atoms with Crippen LogP contribution in [0.15, 0.2) is 168 Å². The van der Waals surface area contributed by atoms with Crippen LogP contribution in [0.3, 0.4) is 0 Å². The minimum atomic E-state index is 0.635. The average molecular weight is 591 g/mol. The van der Waals surface area contributed by atoms with Crippen LogP contribution in [0.2, 0.25) is 0 Å². The van der Waals surface area contributed by atoms with Gasteiger partial charge in [0.05, 0.1) is 22.2 Å². The van der Waals surface area contributed by atoms with Gasteiger partial charge in [-0.2, -0.15) is 0 Å². The molecule has 2 aromatic heterocycles. The maximum atomic E-state index is 5.04. The molecule has 0 N–H and O–H groups in total. The van der Waals surface area contributed by atoms with Crippen molar-refractivity contribution >= 4 is 55.6 Å². The van der Waals surface area contributed by atoms with Gasteiger partial charge in [-0.25, -0.2) is 15.0 Å². The number of para-hydroxylation sites is 3. The number of hydrogen-bond acceptors (Lipinski definition) is 2. The van der Waals surface area contributed by atoms with E-state index >= 15 is 0 Å². The van der Waals surface area contributed by atoms with Crippen LogP contribution >= 0.6 is 0 Å². The van der Waals surface area contributed by atoms with Crippen molar-refractivity contribution < 1.29 is 0 Å². The summed E-state index contributed by atoms with van der Waals surface area (Å²) in [6.45, 7) is 6.34. The second-order valence-electron chi connectivity index (χ2n) is 11.4.